The number of nitrogens with zero attached hydrogens (tertiary/aromatic N) is 2. The molecule has 3 nitrogen and oxygen atoms in total. The molecule has 2 heterocycles. The standard InChI is InChI=1S/C23H19BrN2O/c1-23(17-11-13-18(24)14-12-17)26-21(19-9-5-6-10-22(19)27-23)15-20(25-26)16-7-3-2-4-8-16/h2-14,21H,15H2,1H3. The maximum Gasteiger partial charge on any atom is 0.221 e. The smallest absolute Gasteiger partial charge is 0.221 e. The third-order valence-corrected chi connectivity index (χ3v) is 5.95. The lowest BCUT2D eigenvalue weighted by Crippen LogP contribution is -2.48. The minimum atomic E-state index is -0.656. The van der Waals surface area contributed by atoms with E-state index in [4.69, 9.17) is 9.84 Å². The van der Waals surface area contributed by atoms with E-state index < -0.39 is 5.72 Å². The van der Waals surface area contributed by atoms with Gasteiger partial charge in [-0.05, 0) is 23.8 Å². The van der Waals surface area contributed by atoms with Gasteiger partial charge in [0.25, 0.3) is 0 Å². The Balaban J connectivity index is 1.65. The fourth-order valence-corrected chi connectivity index (χ4v) is 4.28. The van der Waals surface area contributed by atoms with Crippen molar-refractivity contribution >= 4 is 21.6 Å². The molecule has 0 amide bonds. The van der Waals surface area contributed by atoms with Gasteiger partial charge in [-0.1, -0.05) is 76.6 Å². The summed E-state index contributed by atoms with van der Waals surface area (Å²) in [5.74, 6) is 0.939. The SMILES string of the molecule is CC1(c2ccc(Br)cc2)Oc2ccccc2C2CC(c3ccccc3)=NN21. The van der Waals surface area contributed by atoms with Gasteiger partial charge in [-0.2, -0.15) is 5.10 Å². The Labute approximate surface area is 167 Å². The second-order valence-electron chi connectivity index (χ2n) is 7.11. The van der Waals surface area contributed by atoms with E-state index in [1.165, 1.54) is 11.1 Å². The van der Waals surface area contributed by atoms with Crippen LogP contribution in [0, 0.1) is 0 Å². The highest BCUT2D eigenvalue weighted by Crippen LogP contribution is 2.50. The number of hydrogen-bond acceptors (Lipinski definition) is 3. The van der Waals surface area contributed by atoms with Crippen molar-refractivity contribution in [1.29, 1.82) is 0 Å². The zero-order chi connectivity index (χ0) is 18.4. The molecular formula is C23H19BrN2O. The van der Waals surface area contributed by atoms with E-state index in [1.54, 1.807) is 0 Å². The molecule has 0 saturated carbocycles. The van der Waals surface area contributed by atoms with Gasteiger partial charge in [0.2, 0.25) is 5.72 Å². The highest BCUT2D eigenvalue weighted by Gasteiger charge is 2.48. The number of ether oxygens (including phenoxy) is 1. The molecular weight excluding hydrogens is 400 g/mol. The van der Waals surface area contributed by atoms with E-state index in [9.17, 15) is 0 Å². The van der Waals surface area contributed by atoms with E-state index >= 15 is 0 Å². The van der Waals surface area contributed by atoms with Gasteiger partial charge in [0.1, 0.15) is 5.75 Å². The van der Waals surface area contributed by atoms with Crippen LogP contribution in [0.15, 0.2) is 88.4 Å². The van der Waals surface area contributed by atoms with Crippen LogP contribution in [0.1, 0.15) is 36.1 Å². The number of benzene rings is 3. The summed E-state index contributed by atoms with van der Waals surface area (Å²) in [6, 6.07) is 27.2. The van der Waals surface area contributed by atoms with E-state index in [1.807, 2.05) is 12.1 Å². The zero-order valence-electron chi connectivity index (χ0n) is 15.0. The lowest BCUT2D eigenvalue weighted by Gasteiger charge is -2.46. The van der Waals surface area contributed by atoms with Crippen LogP contribution in [0.25, 0.3) is 0 Å². The Kier molecular flexibility index (Phi) is 3.83. The number of hydrazone groups is 1. The summed E-state index contributed by atoms with van der Waals surface area (Å²) in [4.78, 5) is 0. The fourth-order valence-electron chi connectivity index (χ4n) is 4.01. The van der Waals surface area contributed by atoms with Crippen molar-refractivity contribution in [3.05, 3.63) is 100 Å². The lowest BCUT2D eigenvalue weighted by molar-refractivity contribution is -0.112. The summed E-state index contributed by atoms with van der Waals surface area (Å²) in [6.45, 7) is 2.11. The van der Waals surface area contributed by atoms with E-state index in [2.05, 4.69) is 94.6 Å². The van der Waals surface area contributed by atoms with Gasteiger partial charge in [-0.3, -0.25) is 0 Å². The Morgan fingerprint density at radius 2 is 1.67 bits per heavy atom. The molecule has 0 radical (unpaired) electrons. The summed E-state index contributed by atoms with van der Waals surface area (Å²) in [6.07, 6.45) is 0.872. The van der Waals surface area contributed by atoms with Gasteiger partial charge in [0.15, 0.2) is 0 Å². The van der Waals surface area contributed by atoms with Crippen molar-refractivity contribution in [3.8, 4) is 5.75 Å². The minimum Gasteiger partial charge on any atom is -0.462 e. The first-order valence-electron chi connectivity index (χ1n) is 9.11. The average molecular weight is 419 g/mol. The molecule has 27 heavy (non-hydrogen) atoms. The Bertz CT molecular complexity index is 1020. The van der Waals surface area contributed by atoms with Gasteiger partial charge < -0.3 is 4.74 Å². The van der Waals surface area contributed by atoms with Crippen molar-refractivity contribution in [1.82, 2.24) is 5.01 Å². The van der Waals surface area contributed by atoms with Crippen LogP contribution in [-0.4, -0.2) is 10.7 Å². The van der Waals surface area contributed by atoms with Crippen molar-refractivity contribution in [2.24, 2.45) is 5.10 Å². The number of para-hydroxylation sites is 1. The van der Waals surface area contributed by atoms with Crippen LogP contribution in [0.3, 0.4) is 0 Å². The highest BCUT2D eigenvalue weighted by molar-refractivity contribution is 9.10. The Morgan fingerprint density at radius 1 is 0.963 bits per heavy atom. The quantitative estimate of drug-likeness (QED) is 0.519. The van der Waals surface area contributed by atoms with Crippen molar-refractivity contribution in [2.45, 2.75) is 25.1 Å². The molecule has 2 unspecified atom stereocenters. The molecule has 3 aromatic rings. The molecule has 0 aromatic heterocycles. The molecule has 2 atom stereocenters. The second-order valence-corrected chi connectivity index (χ2v) is 8.02. The topological polar surface area (TPSA) is 24.8 Å². The molecule has 0 fully saturated rings. The number of hydrogen-bond donors (Lipinski definition) is 0. The molecule has 4 heteroatoms. The first-order valence-corrected chi connectivity index (χ1v) is 9.91. The molecule has 2 aliphatic heterocycles. The Morgan fingerprint density at radius 3 is 2.44 bits per heavy atom. The molecule has 0 bridgehead atoms. The lowest BCUT2D eigenvalue weighted by atomic mass is 9.92. The number of fused-ring (bicyclic) bond motifs is 3. The minimum absolute atomic E-state index is 0.166. The van der Waals surface area contributed by atoms with Gasteiger partial charge in [-0.15, -0.1) is 0 Å². The van der Waals surface area contributed by atoms with Gasteiger partial charge in [0.05, 0.1) is 11.8 Å². The summed E-state index contributed by atoms with van der Waals surface area (Å²) in [5.41, 5.74) is 3.90. The molecule has 0 aliphatic carbocycles. The van der Waals surface area contributed by atoms with Gasteiger partial charge >= 0.3 is 0 Å². The summed E-state index contributed by atoms with van der Waals surface area (Å²) < 4.78 is 7.60. The van der Waals surface area contributed by atoms with Crippen LogP contribution < -0.4 is 4.74 Å². The van der Waals surface area contributed by atoms with Crippen LogP contribution in [0.5, 0.6) is 5.75 Å². The average Bonchev–Trinajstić information content (AvgIpc) is 3.16. The first-order chi connectivity index (χ1) is 13.1. The summed E-state index contributed by atoms with van der Waals surface area (Å²) >= 11 is 3.53. The van der Waals surface area contributed by atoms with Crippen molar-refractivity contribution in [3.63, 3.8) is 0 Å². The van der Waals surface area contributed by atoms with Crippen LogP contribution in [0.4, 0.5) is 0 Å². The monoisotopic (exact) mass is 418 g/mol. The zero-order valence-corrected chi connectivity index (χ0v) is 16.6. The van der Waals surface area contributed by atoms with E-state index in [-0.39, 0.29) is 6.04 Å². The first kappa shape index (κ1) is 16.6. The van der Waals surface area contributed by atoms with Gasteiger partial charge in [0, 0.05) is 28.9 Å². The largest absolute Gasteiger partial charge is 0.462 e. The van der Waals surface area contributed by atoms with Gasteiger partial charge in [-0.25, -0.2) is 5.01 Å². The van der Waals surface area contributed by atoms with E-state index in [0.29, 0.717) is 0 Å². The maximum atomic E-state index is 6.55. The summed E-state index contributed by atoms with van der Waals surface area (Å²) in [7, 11) is 0. The van der Waals surface area contributed by atoms with E-state index in [0.717, 1.165) is 27.9 Å². The molecule has 0 saturated heterocycles. The molecule has 2 aliphatic rings. The van der Waals surface area contributed by atoms with Crippen molar-refractivity contribution < 1.29 is 4.74 Å². The van der Waals surface area contributed by atoms with Crippen LogP contribution >= 0.6 is 15.9 Å². The van der Waals surface area contributed by atoms with Crippen LogP contribution in [-0.2, 0) is 5.72 Å². The second kappa shape index (κ2) is 6.24. The molecule has 134 valence electrons. The third-order valence-electron chi connectivity index (χ3n) is 5.42. The summed E-state index contributed by atoms with van der Waals surface area (Å²) in [5, 5.41) is 7.18. The molecule has 0 N–H and O–H groups in total. The Hall–Kier alpha value is -2.59. The molecule has 5 rings (SSSR count). The third kappa shape index (κ3) is 2.67. The fraction of sp³-hybridized carbons (Fsp3) is 0.174. The van der Waals surface area contributed by atoms with Crippen LogP contribution in [0.2, 0.25) is 0 Å². The predicted molar refractivity (Wildman–Crippen MR) is 111 cm³/mol. The number of halogens is 1. The van der Waals surface area contributed by atoms with Crippen molar-refractivity contribution in [2.75, 3.05) is 0 Å². The normalized spacial score (nSPS) is 23.3. The highest BCUT2D eigenvalue weighted by atomic mass is 79.9. The maximum absolute atomic E-state index is 6.55. The predicted octanol–water partition coefficient (Wildman–Crippen LogP) is 5.87. The molecule has 0 spiro atoms. The number of rotatable bonds is 2. The molecule has 3 aromatic carbocycles.